The zero-order chi connectivity index (χ0) is 15.2. The molecule has 0 N–H and O–H groups in total. The fourth-order valence-corrected chi connectivity index (χ4v) is 2.40. The van der Waals surface area contributed by atoms with E-state index in [1.54, 1.807) is 36.4 Å². The molecule has 21 heavy (non-hydrogen) atoms. The van der Waals surface area contributed by atoms with Crippen LogP contribution in [0.4, 0.5) is 0 Å². The van der Waals surface area contributed by atoms with Crippen LogP contribution in [0.2, 0.25) is 0 Å². The molecular weight excluding hydrogens is 400 g/mol. The van der Waals surface area contributed by atoms with E-state index in [0.29, 0.717) is 31.9 Å². The van der Waals surface area contributed by atoms with Crippen LogP contribution in [0.1, 0.15) is 0 Å². The van der Waals surface area contributed by atoms with E-state index in [4.69, 9.17) is 27.1 Å². The van der Waals surface area contributed by atoms with Gasteiger partial charge < -0.3 is 14.2 Å². The lowest BCUT2D eigenvalue weighted by atomic mass is 10.3. The van der Waals surface area contributed by atoms with E-state index < -0.39 is 0 Å². The lowest BCUT2D eigenvalue weighted by Crippen LogP contribution is -1.89. The molecule has 2 rings (SSSR count). The van der Waals surface area contributed by atoms with Crippen LogP contribution in [0.15, 0.2) is 45.3 Å². The van der Waals surface area contributed by atoms with Gasteiger partial charge in [-0.2, -0.15) is 0 Å². The van der Waals surface area contributed by atoms with Crippen LogP contribution in [-0.2, 0) is 0 Å². The smallest absolute Gasteiger partial charge is 0.154 e. The summed E-state index contributed by atoms with van der Waals surface area (Å²) >= 11 is 6.71. The molecule has 0 saturated heterocycles. The molecule has 0 unspecified atom stereocenters. The van der Waals surface area contributed by atoms with Crippen LogP contribution in [0.3, 0.4) is 0 Å². The number of hydrogen-bond acceptors (Lipinski definition) is 3. The highest BCUT2D eigenvalue weighted by Gasteiger charge is 2.07. The van der Waals surface area contributed by atoms with Crippen molar-refractivity contribution in [3.8, 4) is 48.1 Å². The van der Waals surface area contributed by atoms with Gasteiger partial charge in [-0.3, -0.25) is 0 Å². The molecule has 5 heteroatoms. The molecule has 0 aromatic heterocycles. The highest BCUT2D eigenvalue weighted by molar-refractivity contribution is 9.10. The number of hydrogen-bond donors (Lipinski definition) is 0. The minimum absolute atomic E-state index is 0.545. The minimum atomic E-state index is 0.545. The third kappa shape index (κ3) is 3.95. The highest BCUT2D eigenvalue weighted by Crippen LogP contribution is 2.34. The van der Waals surface area contributed by atoms with E-state index in [0.717, 1.165) is 0 Å². The van der Waals surface area contributed by atoms with Gasteiger partial charge in [-0.1, -0.05) is 12.8 Å². The Morgan fingerprint density at radius 3 is 1.52 bits per heavy atom. The second-order valence-corrected chi connectivity index (χ2v) is 5.44. The Bertz CT molecular complexity index is 679. The Kier molecular flexibility index (Phi) is 5.16. The molecule has 0 spiro atoms. The quantitative estimate of drug-likeness (QED) is 0.671. The van der Waals surface area contributed by atoms with Crippen molar-refractivity contribution in [3.05, 3.63) is 45.3 Å². The van der Waals surface area contributed by atoms with Crippen molar-refractivity contribution < 1.29 is 14.2 Å². The van der Waals surface area contributed by atoms with Crippen molar-refractivity contribution in [3.63, 3.8) is 0 Å². The van der Waals surface area contributed by atoms with Gasteiger partial charge in [-0.15, -0.1) is 0 Å². The highest BCUT2D eigenvalue weighted by atomic mass is 79.9. The molecule has 0 aliphatic rings. The summed E-state index contributed by atoms with van der Waals surface area (Å²) in [6.45, 7) is 0. The molecule has 0 fully saturated rings. The predicted molar refractivity (Wildman–Crippen MR) is 87.3 cm³/mol. The lowest BCUT2D eigenvalue weighted by Gasteiger charge is -2.09. The Labute approximate surface area is 139 Å². The van der Waals surface area contributed by atoms with Gasteiger partial charge in [0, 0.05) is 0 Å². The summed E-state index contributed by atoms with van der Waals surface area (Å²) in [6, 6.07) is 10.4. The second-order valence-electron chi connectivity index (χ2n) is 3.73. The van der Waals surface area contributed by atoms with Crippen molar-refractivity contribution in [2.45, 2.75) is 0 Å². The summed E-state index contributed by atoms with van der Waals surface area (Å²) in [5, 5.41) is 0. The minimum Gasteiger partial charge on any atom is -0.457 e. The first-order chi connectivity index (χ1) is 10.1. The van der Waals surface area contributed by atoms with Crippen LogP contribution in [0, 0.1) is 25.1 Å². The largest absolute Gasteiger partial charge is 0.457 e. The average Bonchev–Trinajstić information content (AvgIpc) is 2.45. The molecule has 2 aromatic rings. The zero-order valence-electron chi connectivity index (χ0n) is 10.6. The molecule has 0 bridgehead atoms. The van der Waals surface area contributed by atoms with E-state index in [1.165, 1.54) is 0 Å². The normalized spacial score (nSPS) is 9.33. The second kappa shape index (κ2) is 7.08. The third-order valence-corrected chi connectivity index (χ3v) is 3.62. The van der Waals surface area contributed by atoms with Crippen LogP contribution < -0.4 is 14.2 Å². The maximum Gasteiger partial charge on any atom is 0.154 e. The number of rotatable bonds is 4. The summed E-state index contributed by atoms with van der Waals surface area (Å²) in [4.78, 5) is 0. The molecule has 2 aromatic carbocycles. The Morgan fingerprint density at radius 1 is 0.762 bits per heavy atom. The molecule has 0 aliphatic heterocycles. The molecule has 0 heterocycles. The Hall–Kier alpha value is -2.08. The molecule has 0 saturated carbocycles. The van der Waals surface area contributed by atoms with E-state index >= 15 is 0 Å². The molecule has 0 radical (unpaired) electrons. The van der Waals surface area contributed by atoms with Crippen molar-refractivity contribution in [1.29, 1.82) is 0 Å². The van der Waals surface area contributed by atoms with E-state index in [2.05, 4.69) is 44.1 Å². The van der Waals surface area contributed by atoms with Crippen molar-refractivity contribution in [2.24, 2.45) is 0 Å². The van der Waals surface area contributed by atoms with Gasteiger partial charge in [0.15, 0.2) is 11.5 Å². The molecular formula is C16H8Br2O3. The SMILES string of the molecule is C#COc1ccc(Oc2ccc(OC#C)c(Br)c2)cc1Br. The lowest BCUT2D eigenvalue weighted by molar-refractivity contribution is 0.472. The first-order valence-corrected chi connectivity index (χ1v) is 7.24. The monoisotopic (exact) mass is 406 g/mol. The summed E-state index contributed by atoms with van der Waals surface area (Å²) in [5.74, 6) is 2.35. The first kappa shape index (κ1) is 15.3. The predicted octanol–water partition coefficient (Wildman–Crippen LogP) is 4.94. The van der Waals surface area contributed by atoms with Crippen LogP contribution >= 0.6 is 31.9 Å². The van der Waals surface area contributed by atoms with Gasteiger partial charge in [0.05, 0.1) is 8.95 Å². The molecule has 0 amide bonds. The number of ether oxygens (including phenoxy) is 3. The molecule has 3 nitrogen and oxygen atoms in total. The molecule has 0 atom stereocenters. The van der Waals surface area contributed by atoms with Crippen molar-refractivity contribution >= 4 is 31.9 Å². The number of benzene rings is 2. The summed E-state index contributed by atoms with van der Waals surface area (Å²) in [6.07, 6.45) is 14.4. The first-order valence-electron chi connectivity index (χ1n) is 5.66. The van der Waals surface area contributed by atoms with Crippen LogP contribution in [0.5, 0.6) is 23.0 Å². The standard InChI is InChI=1S/C16H8Br2O3/c1-3-19-15-7-5-11(9-13(15)17)21-12-6-8-16(20-4-2)14(18)10-12/h1-2,5-10H. The van der Waals surface area contributed by atoms with Gasteiger partial charge in [0.1, 0.15) is 23.7 Å². The molecule has 0 aliphatic carbocycles. The van der Waals surface area contributed by atoms with Gasteiger partial charge in [-0.05, 0) is 68.3 Å². The van der Waals surface area contributed by atoms with Gasteiger partial charge in [0.2, 0.25) is 0 Å². The third-order valence-electron chi connectivity index (χ3n) is 2.38. The maximum atomic E-state index is 5.73. The van der Waals surface area contributed by atoms with E-state index in [1.807, 2.05) is 0 Å². The number of terminal acetylenes is 2. The summed E-state index contributed by atoms with van der Waals surface area (Å²) in [7, 11) is 0. The van der Waals surface area contributed by atoms with Gasteiger partial charge in [-0.25, -0.2) is 0 Å². The molecule has 104 valence electrons. The fraction of sp³-hybridized carbons (Fsp3) is 0. The van der Waals surface area contributed by atoms with Crippen LogP contribution in [-0.4, -0.2) is 0 Å². The van der Waals surface area contributed by atoms with Crippen molar-refractivity contribution in [2.75, 3.05) is 0 Å². The zero-order valence-corrected chi connectivity index (χ0v) is 13.8. The topological polar surface area (TPSA) is 27.7 Å². The summed E-state index contributed by atoms with van der Waals surface area (Å²) in [5.41, 5.74) is 0. The summed E-state index contributed by atoms with van der Waals surface area (Å²) < 4.78 is 17.1. The Morgan fingerprint density at radius 2 is 1.19 bits per heavy atom. The maximum absolute atomic E-state index is 5.73. The van der Waals surface area contributed by atoms with Gasteiger partial charge >= 0.3 is 0 Å². The van der Waals surface area contributed by atoms with E-state index in [-0.39, 0.29) is 0 Å². The number of halogens is 2. The average molecular weight is 408 g/mol. The van der Waals surface area contributed by atoms with Crippen LogP contribution in [0.25, 0.3) is 0 Å². The fourth-order valence-electron chi connectivity index (χ4n) is 1.52. The van der Waals surface area contributed by atoms with E-state index in [9.17, 15) is 0 Å². The van der Waals surface area contributed by atoms with Gasteiger partial charge in [0.25, 0.3) is 0 Å². The Balaban J connectivity index is 2.19. The van der Waals surface area contributed by atoms with Crippen molar-refractivity contribution in [1.82, 2.24) is 0 Å².